The van der Waals surface area contributed by atoms with Gasteiger partial charge in [-0.15, -0.1) is 0 Å². The van der Waals surface area contributed by atoms with Crippen LogP contribution in [0.2, 0.25) is 0 Å². The number of ether oxygens (including phenoxy) is 1. The summed E-state index contributed by atoms with van der Waals surface area (Å²) in [6.07, 6.45) is 3.40. The third kappa shape index (κ3) is 2.75. The maximum absolute atomic E-state index is 12.5. The smallest absolute Gasteiger partial charge is 0.223 e. The molecule has 0 saturated carbocycles. The molecule has 1 amide bonds. The number of benzene rings is 1. The number of aromatic amines is 1. The normalized spacial score (nSPS) is 17.7. The summed E-state index contributed by atoms with van der Waals surface area (Å²) in [7, 11) is 1.70. The average molecular weight is 300 g/mol. The lowest BCUT2D eigenvalue weighted by Gasteiger charge is -2.33. The summed E-state index contributed by atoms with van der Waals surface area (Å²) in [6.45, 7) is 3.68. The van der Waals surface area contributed by atoms with E-state index in [1.165, 1.54) is 22.2 Å². The maximum Gasteiger partial charge on any atom is 0.223 e. The van der Waals surface area contributed by atoms with Crippen LogP contribution in [0.1, 0.15) is 43.5 Å². The van der Waals surface area contributed by atoms with Gasteiger partial charge in [0.05, 0.1) is 6.04 Å². The number of amides is 1. The molecule has 1 atom stereocenters. The number of fused-ring (bicyclic) bond motifs is 3. The third-order valence-corrected chi connectivity index (χ3v) is 4.64. The van der Waals surface area contributed by atoms with Gasteiger partial charge < -0.3 is 14.6 Å². The molecule has 0 fully saturated rings. The van der Waals surface area contributed by atoms with E-state index in [1.54, 1.807) is 7.11 Å². The number of nitrogens with one attached hydrogen (secondary N) is 1. The summed E-state index contributed by atoms with van der Waals surface area (Å²) in [5.74, 6) is 0.257. The monoisotopic (exact) mass is 300 g/mol. The fourth-order valence-electron chi connectivity index (χ4n) is 3.44. The van der Waals surface area contributed by atoms with Crippen LogP contribution in [0.4, 0.5) is 0 Å². The molecule has 118 valence electrons. The van der Waals surface area contributed by atoms with Gasteiger partial charge in [0.1, 0.15) is 0 Å². The number of unbranched alkanes of at least 4 members (excludes halogenated alkanes) is 1. The summed E-state index contributed by atoms with van der Waals surface area (Å²) in [5.41, 5.74) is 3.76. The van der Waals surface area contributed by atoms with Crippen LogP contribution in [0.5, 0.6) is 0 Å². The Hall–Kier alpha value is -1.81. The first-order valence-electron chi connectivity index (χ1n) is 8.10. The quantitative estimate of drug-likeness (QED) is 0.860. The van der Waals surface area contributed by atoms with Gasteiger partial charge in [0.2, 0.25) is 5.91 Å². The van der Waals surface area contributed by atoms with Gasteiger partial charge in [0.15, 0.2) is 0 Å². The van der Waals surface area contributed by atoms with Crippen LogP contribution in [-0.2, 0) is 16.0 Å². The topological polar surface area (TPSA) is 45.3 Å². The number of para-hydroxylation sites is 1. The van der Waals surface area contributed by atoms with Gasteiger partial charge in [-0.2, -0.15) is 0 Å². The Morgan fingerprint density at radius 3 is 3.00 bits per heavy atom. The molecular formula is C18H24N2O2. The van der Waals surface area contributed by atoms with Gasteiger partial charge in [-0.25, -0.2) is 0 Å². The Morgan fingerprint density at radius 2 is 2.18 bits per heavy atom. The number of carbonyl (C=O) groups is 1. The summed E-state index contributed by atoms with van der Waals surface area (Å²) >= 11 is 0. The largest absolute Gasteiger partial charge is 0.385 e. The molecular weight excluding hydrogens is 276 g/mol. The van der Waals surface area contributed by atoms with Crippen molar-refractivity contribution in [2.75, 3.05) is 20.3 Å². The number of hydrogen-bond donors (Lipinski definition) is 1. The van der Waals surface area contributed by atoms with E-state index in [-0.39, 0.29) is 11.9 Å². The van der Waals surface area contributed by atoms with Crippen LogP contribution in [-0.4, -0.2) is 36.1 Å². The fourth-order valence-corrected chi connectivity index (χ4v) is 3.44. The van der Waals surface area contributed by atoms with E-state index >= 15 is 0 Å². The van der Waals surface area contributed by atoms with E-state index in [0.29, 0.717) is 6.42 Å². The first-order valence-corrected chi connectivity index (χ1v) is 8.10. The number of aromatic nitrogens is 1. The molecule has 3 rings (SSSR count). The molecule has 0 saturated heterocycles. The van der Waals surface area contributed by atoms with Crippen molar-refractivity contribution in [3.05, 3.63) is 35.5 Å². The fraction of sp³-hybridized carbons (Fsp3) is 0.500. The Balaban J connectivity index is 1.73. The Morgan fingerprint density at radius 1 is 1.36 bits per heavy atom. The second-order valence-electron chi connectivity index (χ2n) is 6.03. The lowest BCUT2D eigenvalue weighted by atomic mass is 9.98. The van der Waals surface area contributed by atoms with Gasteiger partial charge >= 0.3 is 0 Å². The summed E-state index contributed by atoms with van der Waals surface area (Å²) in [6, 6.07) is 8.53. The molecule has 2 heterocycles. The number of nitrogens with zero attached hydrogens (tertiary/aromatic N) is 1. The van der Waals surface area contributed by atoms with Crippen LogP contribution in [0.3, 0.4) is 0 Å². The Bertz CT molecular complexity index is 662. The van der Waals surface area contributed by atoms with Crippen molar-refractivity contribution >= 4 is 16.8 Å². The van der Waals surface area contributed by atoms with Crippen LogP contribution in [0.15, 0.2) is 24.3 Å². The first-order chi connectivity index (χ1) is 10.7. The highest BCUT2D eigenvalue weighted by Crippen LogP contribution is 2.34. The van der Waals surface area contributed by atoms with E-state index in [0.717, 1.165) is 32.4 Å². The SMILES string of the molecule is COCCCCC(=O)N1CCc2c([nH]c3ccccc23)C1C. The lowest BCUT2D eigenvalue weighted by molar-refractivity contribution is -0.134. The van der Waals surface area contributed by atoms with E-state index in [2.05, 4.69) is 30.1 Å². The molecule has 22 heavy (non-hydrogen) atoms. The first kappa shape index (κ1) is 15.1. The zero-order chi connectivity index (χ0) is 15.5. The third-order valence-electron chi connectivity index (χ3n) is 4.64. The molecule has 1 aromatic heterocycles. The second kappa shape index (κ2) is 6.53. The molecule has 4 heteroatoms. The maximum atomic E-state index is 12.5. The van der Waals surface area contributed by atoms with Crippen molar-refractivity contribution in [3.8, 4) is 0 Å². The number of methoxy groups -OCH3 is 1. The molecule has 0 radical (unpaired) electrons. The predicted octanol–water partition coefficient (Wildman–Crippen LogP) is 3.43. The van der Waals surface area contributed by atoms with E-state index < -0.39 is 0 Å². The van der Waals surface area contributed by atoms with Crippen LogP contribution in [0.25, 0.3) is 10.9 Å². The zero-order valence-electron chi connectivity index (χ0n) is 13.4. The standard InChI is InChI=1S/C18H24N2O2/c1-13-18-15(14-7-3-4-8-16(14)19-18)10-11-20(13)17(21)9-5-6-12-22-2/h3-4,7-8,13,19H,5-6,9-12H2,1-2H3. The number of carbonyl (C=O) groups excluding carboxylic acids is 1. The van der Waals surface area contributed by atoms with Gasteiger partial charge in [0, 0.05) is 43.3 Å². The van der Waals surface area contributed by atoms with Gasteiger partial charge in [0.25, 0.3) is 0 Å². The summed E-state index contributed by atoms with van der Waals surface area (Å²) in [4.78, 5) is 18.0. The molecule has 1 unspecified atom stereocenters. The summed E-state index contributed by atoms with van der Waals surface area (Å²) < 4.78 is 5.04. The van der Waals surface area contributed by atoms with Crippen molar-refractivity contribution in [2.24, 2.45) is 0 Å². The highest BCUT2D eigenvalue weighted by atomic mass is 16.5. The summed E-state index contributed by atoms with van der Waals surface area (Å²) in [5, 5.41) is 1.30. The van der Waals surface area contributed by atoms with Gasteiger partial charge in [-0.1, -0.05) is 18.2 Å². The highest BCUT2D eigenvalue weighted by molar-refractivity contribution is 5.86. The Kier molecular flexibility index (Phi) is 4.48. The van der Waals surface area contributed by atoms with Crippen molar-refractivity contribution in [1.82, 2.24) is 9.88 Å². The number of rotatable bonds is 5. The average Bonchev–Trinajstić information content (AvgIpc) is 2.91. The van der Waals surface area contributed by atoms with Crippen LogP contribution in [0, 0.1) is 0 Å². The molecule has 0 spiro atoms. The Labute approximate surface area is 131 Å². The molecule has 0 bridgehead atoms. The predicted molar refractivity (Wildman–Crippen MR) is 87.9 cm³/mol. The molecule has 2 aromatic rings. The van der Waals surface area contributed by atoms with Crippen molar-refractivity contribution in [1.29, 1.82) is 0 Å². The highest BCUT2D eigenvalue weighted by Gasteiger charge is 2.29. The molecule has 1 N–H and O–H groups in total. The zero-order valence-corrected chi connectivity index (χ0v) is 13.4. The minimum atomic E-state index is 0.131. The number of hydrogen-bond acceptors (Lipinski definition) is 2. The molecule has 1 aromatic carbocycles. The van der Waals surface area contributed by atoms with Crippen LogP contribution >= 0.6 is 0 Å². The molecule has 4 nitrogen and oxygen atoms in total. The molecule has 1 aliphatic rings. The van der Waals surface area contributed by atoms with Gasteiger partial charge in [-0.3, -0.25) is 4.79 Å². The van der Waals surface area contributed by atoms with Crippen molar-refractivity contribution < 1.29 is 9.53 Å². The van der Waals surface area contributed by atoms with Gasteiger partial charge in [-0.05, 0) is 37.8 Å². The lowest BCUT2D eigenvalue weighted by Crippen LogP contribution is -2.38. The molecule has 1 aliphatic heterocycles. The van der Waals surface area contributed by atoms with Crippen LogP contribution < -0.4 is 0 Å². The minimum Gasteiger partial charge on any atom is -0.385 e. The van der Waals surface area contributed by atoms with Crippen molar-refractivity contribution in [2.45, 2.75) is 38.6 Å². The van der Waals surface area contributed by atoms with E-state index in [9.17, 15) is 4.79 Å². The van der Waals surface area contributed by atoms with E-state index in [4.69, 9.17) is 4.74 Å². The van der Waals surface area contributed by atoms with E-state index in [1.807, 2.05) is 11.0 Å². The minimum absolute atomic E-state index is 0.131. The number of H-pyrrole nitrogens is 1. The van der Waals surface area contributed by atoms with Crippen molar-refractivity contribution in [3.63, 3.8) is 0 Å². The second-order valence-corrected chi connectivity index (χ2v) is 6.03. The molecule has 0 aliphatic carbocycles.